The summed E-state index contributed by atoms with van der Waals surface area (Å²) in [5, 5.41) is 5.40. The van der Waals surface area contributed by atoms with Gasteiger partial charge in [0.1, 0.15) is 0 Å². The molecule has 1 atom stereocenters. The second kappa shape index (κ2) is 7.25. The van der Waals surface area contributed by atoms with Crippen molar-refractivity contribution in [2.75, 3.05) is 12.4 Å². The zero-order valence-electron chi connectivity index (χ0n) is 14.1. The van der Waals surface area contributed by atoms with Crippen LogP contribution in [0.4, 0.5) is 5.00 Å². The monoisotopic (exact) mass is 374 g/mol. The Bertz CT molecular complexity index is 866. The first-order valence-corrected chi connectivity index (χ1v) is 9.43. The van der Waals surface area contributed by atoms with Crippen LogP contribution in [-0.2, 0) is 0 Å². The second-order valence-electron chi connectivity index (χ2n) is 5.66. The molecule has 0 bridgehead atoms. The van der Waals surface area contributed by atoms with Crippen molar-refractivity contribution in [3.63, 3.8) is 0 Å². The molecule has 0 saturated carbocycles. The first-order chi connectivity index (χ1) is 12.0. The number of hydrogen-bond donors (Lipinski definition) is 1. The van der Waals surface area contributed by atoms with Crippen molar-refractivity contribution in [3.8, 4) is 0 Å². The van der Waals surface area contributed by atoms with Crippen molar-refractivity contribution in [1.82, 2.24) is 4.90 Å². The minimum absolute atomic E-state index is 0.00448. The van der Waals surface area contributed by atoms with Crippen molar-refractivity contribution < 1.29 is 14.0 Å². The number of rotatable bonds is 5. The van der Waals surface area contributed by atoms with Gasteiger partial charge in [-0.05, 0) is 49.1 Å². The van der Waals surface area contributed by atoms with E-state index in [0.717, 1.165) is 10.4 Å². The van der Waals surface area contributed by atoms with Gasteiger partial charge in [0.15, 0.2) is 5.76 Å². The number of carbonyl (C=O) groups excluding carboxylic acids is 2. The Morgan fingerprint density at radius 2 is 2.08 bits per heavy atom. The smallest absolute Gasteiger partial charge is 0.291 e. The third-order valence-corrected chi connectivity index (χ3v) is 6.13. The fourth-order valence-electron chi connectivity index (χ4n) is 2.39. The molecule has 7 heteroatoms. The summed E-state index contributed by atoms with van der Waals surface area (Å²) >= 11 is 2.91. The normalized spacial score (nSPS) is 12.0. The molecule has 0 aliphatic carbocycles. The van der Waals surface area contributed by atoms with Crippen LogP contribution in [0, 0.1) is 6.92 Å². The molecule has 0 aromatic carbocycles. The van der Waals surface area contributed by atoms with Crippen molar-refractivity contribution in [2.45, 2.75) is 19.9 Å². The third kappa shape index (κ3) is 3.67. The lowest BCUT2D eigenvalue weighted by Crippen LogP contribution is -2.29. The fraction of sp³-hybridized carbons (Fsp3) is 0.222. The number of furan rings is 1. The Balaban J connectivity index is 1.75. The number of aryl methyl sites for hydroxylation is 1. The molecule has 5 nitrogen and oxygen atoms in total. The average molecular weight is 374 g/mol. The topological polar surface area (TPSA) is 62.6 Å². The molecule has 3 heterocycles. The Morgan fingerprint density at radius 1 is 1.28 bits per heavy atom. The second-order valence-corrected chi connectivity index (χ2v) is 7.69. The van der Waals surface area contributed by atoms with Gasteiger partial charge in [-0.3, -0.25) is 9.59 Å². The van der Waals surface area contributed by atoms with E-state index in [0.29, 0.717) is 9.88 Å². The van der Waals surface area contributed by atoms with Gasteiger partial charge >= 0.3 is 0 Å². The van der Waals surface area contributed by atoms with Gasteiger partial charge in [-0.25, -0.2) is 0 Å². The number of anilines is 1. The predicted molar refractivity (Wildman–Crippen MR) is 101 cm³/mol. The van der Waals surface area contributed by atoms with Crippen LogP contribution in [0.15, 0.2) is 46.4 Å². The quantitative estimate of drug-likeness (QED) is 0.698. The Morgan fingerprint density at radius 3 is 2.72 bits per heavy atom. The first kappa shape index (κ1) is 17.4. The van der Waals surface area contributed by atoms with Gasteiger partial charge in [0.25, 0.3) is 11.8 Å². The van der Waals surface area contributed by atoms with E-state index in [4.69, 9.17) is 4.42 Å². The summed E-state index contributed by atoms with van der Waals surface area (Å²) in [6, 6.07) is 9.06. The molecule has 2 amide bonds. The van der Waals surface area contributed by atoms with E-state index >= 15 is 0 Å². The van der Waals surface area contributed by atoms with Crippen LogP contribution in [0.5, 0.6) is 0 Å². The standard InChI is InChI=1S/C18H18N2O3S2/c1-11-10-15(19-17(21)13-6-4-8-23-13)25-16(11)18(22)20(3)12(2)14-7-5-9-24-14/h4-10,12H,1-3H3,(H,19,21). The lowest BCUT2D eigenvalue weighted by atomic mass is 10.2. The molecule has 3 aromatic heterocycles. The Hall–Kier alpha value is -2.38. The van der Waals surface area contributed by atoms with Gasteiger partial charge in [0.2, 0.25) is 0 Å². The zero-order valence-corrected chi connectivity index (χ0v) is 15.7. The van der Waals surface area contributed by atoms with Crippen molar-refractivity contribution >= 4 is 39.5 Å². The van der Waals surface area contributed by atoms with Crippen molar-refractivity contribution in [3.05, 3.63) is 63.1 Å². The van der Waals surface area contributed by atoms with E-state index in [2.05, 4.69) is 5.32 Å². The summed E-state index contributed by atoms with van der Waals surface area (Å²) in [6.07, 6.45) is 1.45. The molecular weight excluding hydrogens is 356 g/mol. The van der Waals surface area contributed by atoms with Crippen molar-refractivity contribution in [1.29, 1.82) is 0 Å². The Kier molecular flexibility index (Phi) is 5.06. The zero-order chi connectivity index (χ0) is 18.0. The molecule has 130 valence electrons. The van der Waals surface area contributed by atoms with Crippen LogP contribution >= 0.6 is 22.7 Å². The van der Waals surface area contributed by atoms with Crippen molar-refractivity contribution in [2.24, 2.45) is 0 Å². The maximum absolute atomic E-state index is 12.8. The SMILES string of the molecule is Cc1cc(NC(=O)c2ccco2)sc1C(=O)N(C)C(C)c1cccs1. The van der Waals surface area contributed by atoms with E-state index in [-0.39, 0.29) is 23.6 Å². The number of nitrogens with zero attached hydrogens (tertiary/aromatic N) is 1. The highest BCUT2D eigenvalue weighted by atomic mass is 32.1. The maximum atomic E-state index is 12.8. The van der Waals surface area contributed by atoms with Crippen LogP contribution in [0.3, 0.4) is 0 Å². The number of thiophene rings is 2. The lowest BCUT2D eigenvalue weighted by molar-refractivity contribution is 0.0749. The summed E-state index contributed by atoms with van der Waals surface area (Å²) in [5.74, 6) is -0.144. The highest BCUT2D eigenvalue weighted by Crippen LogP contribution is 2.31. The van der Waals surface area contributed by atoms with E-state index in [1.807, 2.05) is 37.4 Å². The van der Waals surface area contributed by atoms with Crippen LogP contribution in [0.2, 0.25) is 0 Å². The number of nitrogens with one attached hydrogen (secondary N) is 1. The lowest BCUT2D eigenvalue weighted by Gasteiger charge is -2.23. The van der Waals surface area contributed by atoms with Crippen LogP contribution in [0.1, 0.15) is 43.6 Å². The third-order valence-electron chi connectivity index (χ3n) is 3.95. The fourth-order valence-corrected chi connectivity index (χ4v) is 4.27. The highest BCUT2D eigenvalue weighted by molar-refractivity contribution is 7.18. The van der Waals surface area contributed by atoms with Gasteiger partial charge < -0.3 is 14.6 Å². The number of carbonyl (C=O) groups is 2. The summed E-state index contributed by atoms with van der Waals surface area (Å²) in [4.78, 5) is 28.4. The number of hydrogen-bond acceptors (Lipinski definition) is 5. The van der Waals surface area contributed by atoms with Gasteiger partial charge in [-0.15, -0.1) is 22.7 Å². The molecule has 25 heavy (non-hydrogen) atoms. The Labute approximate surface area is 153 Å². The van der Waals surface area contributed by atoms with Gasteiger partial charge in [0.05, 0.1) is 22.2 Å². The van der Waals surface area contributed by atoms with Gasteiger partial charge in [-0.1, -0.05) is 6.07 Å². The molecule has 3 aromatic rings. The first-order valence-electron chi connectivity index (χ1n) is 7.73. The van der Waals surface area contributed by atoms with Crippen LogP contribution < -0.4 is 5.32 Å². The summed E-state index contributed by atoms with van der Waals surface area (Å²) in [6.45, 7) is 3.88. The minimum Gasteiger partial charge on any atom is -0.459 e. The molecule has 0 aliphatic heterocycles. The number of amides is 2. The molecule has 1 N–H and O–H groups in total. The van der Waals surface area contributed by atoms with E-state index in [9.17, 15) is 9.59 Å². The molecular formula is C18H18N2O3S2. The van der Waals surface area contributed by atoms with Crippen LogP contribution in [-0.4, -0.2) is 23.8 Å². The minimum atomic E-state index is -0.328. The average Bonchev–Trinajstić information content (AvgIpc) is 3.34. The molecule has 0 saturated heterocycles. The predicted octanol–water partition coefficient (Wildman–Crippen LogP) is 4.80. The summed E-state index contributed by atoms with van der Waals surface area (Å²) < 4.78 is 5.08. The van der Waals surface area contributed by atoms with Crippen LogP contribution in [0.25, 0.3) is 0 Å². The van der Waals surface area contributed by atoms with Gasteiger partial charge in [0, 0.05) is 11.9 Å². The molecule has 0 aliphatic rings. The maximum Gasteiger partial charge on any atom is 0.291 e. The highest BCUT2D eigenvalue weighted by Gasteiger charge is 2.23. The molecule has 0 fully saturated rings. The molecule has 0 spiro atoms. The van der Waals surface area contributed by atoms with E-state index in [1.54, 1.807) is 35.4 Å². The summed E-state index contributed by atoms with van der Waals surface area (Å²) in [5.41, 5.74) is 0.843. The molecule has 3 rings (SSSR count). The summed E-state index contributed by atoms with van der Waals surface area (Å²) in [7, 11) is 1.80. The van der Waals surface area contributed by atoms with E-state index < -0.39 is 0 Å². The van der Waals surface area contributed by atoms with Gasteiger partial charge in [-0.2, -0.15) is 0 Å². The molecule has 0 radical (unpaired) electrons. The largest absolute Gasteiger partial charge is 0.459 e. The molecule has 1 unspecified atom stereocenters. The van der Waals surface area contributed by atoms with E-state index in [1.165, 1.54) is 17.6 Å².